The SMILES string of the molecule is COc1cccc(CNc2nc(NCCOCCOCCN)nc(NCCC(C)C)n2)c1. The maximum Gasteiger partial charge on any atom is 0.229 e. The number of hydrogen-bond donors (Lipinski definition) is 4. The molecule has 0 saturated heterocycles. The molecule has 1 heterocycles. The zero-order valence-corrected chi connectivity index (χ0v) is 19.4. The van der Waals surface area contributed by atoms with E-state index in [0.29, 0.717) is 69.8 Å². The summed E-state index contributed by atoms with van der Waals surface area (Å²) in [6, 6.07) is 7.86. The van der Waals surface area contributed by atoms with Gasteiger partial charge in [0.15, 0.2) is 0 Å². The van der Waals surface area contributed by atoms with Crippen LogP contribution in [0.4, 0.5) is 17.8 Å². The molecule has 0 saturated carbocycles. The van der Waals surface area contributed by atoms with Crippen molar-refractivity contribution in [1.29, 1.82) is 0 Å². The number of hydrogen-bond acceptors (Lipinski definition) is 10. The first-order chi connectivity index (χ1) is 15.6. The number of nitrogens with two attached hydrogens (primary N) is 1. The van der Waals surface area contributed by atoms with Gasteiger partial charge < -0.3 is 35.9 Å². The standard InChI is InChI=1S/C22H37N7O3/c1-17(2)7-9-24-20-27-21(25-10-12-32-14-13-31-11-8-23)29-22(28-20)26-16-18-5-4-6-19(15-18)30-3/h4-6,15,17H,7-14,16,23H2,1-3H3,(H3,24,25,26,27,28,29). The Hall–Kier alpha value is -2.69. The molecule has 0 bridgehead atoms. The van der Waals surface area contributed by atoms with Gasteiger partial charge in [0.1, 0.15) is 5.75 Å². The van der Waals surface area contributed by atoms with Crippen LogP contribution in [0.2, 0.25) is 0 Å². The van der Waals surface area contributed by atoms with Crippen molar-refractivity contribution in [2.24, 2.45) is 11.7 Å². The number of methoxy groups -OCH3 is 1. The van der Waals surface area contributed by atoms with Gasteiger partial charge in [0, 0.05) is 26.2 Å². The van der Waals surface area contributed by atoms with Gasteiger partial charge in [-0.05, 0) is 30.0 Å². The van der Waals surface area contributed by atoms with Gasteiger partial charge in [0.25, 0.3) is 0 Å². The fraction of sp³-hybridized carbons (Fsp3) is 0.591. The van der Waals surface area contributed by atoms with Crippen LogP contribution in [0.3, 0.4) is 0 Å². The van der Waals surface area contributed by atoms with Gasteiger partial charge in [0.05, 0.1) is 33.5 Å². The maximum absolute atomic E-state index is 5.54. The second kappa shape index (κ2) is 15.2. The van der Waals surface area contributed by atoms with E-state index < -0.39 is 0 Å². The molecular weight excluding hydrogens is 410 g/mol. The Morgan fingerprint density at radius 2 is 1.53 bits per heavy atom. The zero-order valence-electron chi connectivity index (χ0n) is 19.4. The zero-order chi connectivity index (χ0) is 23.0. The summed E-state index contributed by atoms with van der Waals surface area (Å²) in [6.45, 7) is 8.93. The van der Waals surface area contributed by atoms with E-state index in [1.165, 1.54) is 0 Å². The lowest BCUT2D eigenvalue weighted by molar-refractivity contribution is 0.0547. The van der Waals surface area contributed by atoms with E-state index >= 15 is 0 Å². The van der Waals surface area contributed by atoms with E-state index in [2.05, 4.69) is 44.7 Å². The van der Waals surface area contributed by atoms with Crippen LogP contribution in [0.15, 0.2) is 24.3 Å². The molecule has 0 spiro atoms. The second-order valence-corrected chi connectivity index (χ2v) is 7.56. The molecule has 10 heteroatoms. The number of benzene rings is 1. The topological polar surface area (TPSA) is 128 Å². The molecule has 1 aromatic carbocycles. The lowest BCUT2D eigenvalue weighted by Gasteiger charge is -2.12. The molecule has 0 aliphatic heterocycles. The monoisotopic (exact) mass is 447 g/mol. The Kier molecular flexibility index (Phi) is 12.1. The summed E-state index contributed by atoms with van der Waals surface area (Å²) in [5.41, 5.74) is 6.45. The highest BCUT2D eigenvalue weighted by Crippen LogP contribution is 2.15. The molecule has 0 aliphatic carbocycles. The molecule has 0 radical (unpaired) electrons. The number of aromatic nitrogens is 3. The molecule has 0 amide bonds. The quantitative estimate of drug-likeness (QED) is 0.268. The minimum Gasteiger partial charge on any atom is -0.497 e. The third kappa shape index (κ3) is 10.6. The number of nitrogens with one attached hydrogen (secondary N) is 3. The molecule has 10 nitrogen and oxygen atoms in total. The predicted octanol–water partition coefficient (Wildman–Crippen LogP) is 2.35. The van der Waals surface area contributed by atoms with E-state index in [1.807, 2.05) is 24.3 Å². The Bertz CT molecular complexity index is 777. The lowest BCUT2D eigenvalue weighted by Crippen LogP contribution is -2.17. The average molecular weight is 448 g/mol. The van der Waals surface area contributed by atoms with Gasteiger partial charge in [-0.1, -0.05) is 26.0 Å². The molecule has 2 aromatic rings. The van der Waals surface area contributed by atoms with Crippen molar-refractivity contribution in [3.8, 4) is 5.75 Å². The van der Waals surface area contributed by atoms with Gasteiger partial charge in [-0.2, -0.15) is 15.0 Å². The highest BCUT2D eigenvalue weighted by Gasteiger charge is 2.07. The van der Waals surface area contributed by atoms with Gasteiger partial charge in [-0.3, -0.25) is 0 Å². The van der Waals surface area contributed by atoms with Crippen LogP contribution in [0.25, 0.3) is 0 Å². The third-order valence-corrected chi connectivity index (χ3v) is 4.39. The van der Waals surface area contributed by atoms with Crippen LogP contribution >= 0.6 is 0 Å². The van der Waals surface area contributed by atoms with Gasteiger partial charge in [-0.25, -0.2) is 0 Å². The molecule has 0 aliphatic rings. The Balaban J connectivity index is 1.91. The van der Waals surface area contributed by atoms with E-state index in [9.17, 15) is 0 Å². The van der Waals surface area contributed by atoms with E-state index in [4.69, 9.17) is 19.9 Å². The number of ether oxygens (including phenoxy) is 3. The third-order valence-electron chi connectivity index (χ3n) is 4.39. The van der Waals surface area contributed by atoms with Crippen molar-refractivity contribution in [1.82, 2.24) is 15.0 Å². The predicted molar refractivity (Wildman–Crippen MR) is 127 cm³/mol. The Labute approximate surface area is 190 Å². The van der Waals surface area contributed by atoms with E-state index in [-0.39, 0.29) is 0 Å². The fourth-order valence-electron chi connectivity index (χ4n) is 2.69. The van der Waals surface area contributed by atoms with Gasteiger partial charge in [0.2, 0.25) is 17.8 Å². The molecule has 5 N–H and O–H groups in total. The average Bonchev–Trinajstić information content (AvgIpc) is 2.79. The number of nitrogens with zero attached hydrogens (tertiary/aromatic N) is 3. The minimum absolute atomic E-state index is 0.489. The molecule has 0 atom stereocenters. The lowest BCUT2D eigenvalue weighted by atomic mass is 10.1. The van der Waals surface area contributed by atoms with Crippen LogP contribution in [0, 0.1) is 5.92 Å². The summed E-state index contributed by atoms with van der Waals surface area (Å²) in [6.07, 6.45) is 1.03. The summed E-state index contributed by atoms with van der Waals surface area (Å²) in [5.74, 6) is 2.93. The van der Waals surface area contributed by atoms with Crippen LogP contribution in [-0.2, 0) is 16.0 Å². The summed E-state index contributed by atoms with van der Waals surface area (Å²) in [4.78, 5) is 13.5. The minimum atomic E-state index is 0.489. The molecule has 1 aromatic heterocycles. The smallest absolute Gasteiger partial charge is 0.229 e. The highest BCUT2D eigenvalue weighted by atomic mass is 16.5. The first kappa shape index (κ1) is 25.6. The maximum atomic E-state index is 5.54. The Morgan fingerprint density at radius 1 is 0.875 bits per heavy atom. The highest BCUT2D eigenvalue weighted by molar-refractivity contribution is 5.43. The van der Waals surface area contributed by atoms with Gasteiger partial charge in [-0.15, -0.1) is 0 Å². The summed E-state index contributed by atoms with van der Waals surface area (Å²) >= 11 is 0. The molecule has 32 heavy (non-hydrogen) atoms. The Morgan fingerprint density at radius 3 is 2.19 bits per heavy atom. The van der Waals surface area contributed by atoms with Crippen molar-refractivity contribution in [2.75, 3.05) is 69.1 Å². The first-order valence-corrected chi connectivity index (χ1v) is 11.1. The van der Waals surface area contributed by atoms with E-state index in [1.54, 1.807) is 7.11 Å². The summed E-state index contributed by atoms with van der Waals surface area (Å²) < 4.78 is 16.1. The van der Waals surface area contributed by atoms with Crippen LogP contribution in [-0.4, -0.2) is 68.1 Å². The normalized spacial score (nSPS) is 10.9. The molecule has 2 rings (SSSR count). The number of anilines is 3. The first-order valence-electron chi connectivity index (χ1n) is 11.1. The van der Waals surface area contributed by atoms with Crippen LogP contribution < -0.4 is 26.4 Å². The van der Waals surface area contributed by atoms with Crippen molar-refractivity contribution < 1.29 is 14.2 Å². The number of rotatable bonds is 17. The summed E-state index contributed by atoms with van der Waals surface area (Å²) in [5, 5.41) is 9.75. The molecule has 0 fully saturated rings. The fourth-order valence-corrected chi connectivity index (χ4v) is 2.69. The summed E-state index contributed by atoms with van der Waals surface area (Å²) in [7, 11) is 1.66. The largest absolute Gasteiger partial charge is 0.497 e. The second-order valence-electron chi connectivity index (χ2n) is 7.56. The van der Waals surface area contributed by atoms with Crippen molar-refractivity contribution >= 4 is 17.8 Å². The van der Waals surface area contributed by atoms with Gasteiger partial charge >= 0.3 is 0 Å². The molecular formula is C22H37N7O3. The van der Waals surface area contributed by atoms with Crippen molar-refractivity contribution in [3.05, 3.63) is 29.8 Å². The van der Waals surface area contributed by atoms with Crippen molar-refractivity contribution in [3.63, 3.8) is 0 Å². The van der Waals surface area contributed by atoms with E-state index in [0.717, 1.165) is 24.3 Å². The molecule has 0 unspecified atom stereocenters. The molecule has 178 valence electrons. The van der Waals surface area contributed by atoms with Crippen LogP contribution in [0.1, 0.15) is 25.8 Å². The van der Waals surface area contributed by atoms with Crippen LogP contribution in [0.5, 0.6) is 5.75 Å². The van der Waals surface area contributed by atoms with Crippen molar-refractivity contribution in [2.45, 2.75) is 26.8 Å².